The maximum atomic E-state index is 4.14. The van der Waals surface area contributed by atoms with Gasteiger partial charge in [-0.2, -0.15) is 0 Å². The quantitative estimate of drug-likeness (QED) is 0.105. The molecule has 0 bridgehead atoms. The van der Waals surface area contributed by atoms with Gasteiger partial charge in [-0.05, 0) is 48.4 Å². The SMILES string of the molecule is C=CC=C(C=CC)[Si](c1ccccc1)(c1ccccc1)c1ccc([Si](c2ccccc2)(c2ccccc2)c2ccccc2)cc1. The van der Waals surface area contributed by atoms with Crippen molar-refractivity contribution in [1.82, 2.24) is 0 Å². The van der Waals surface area contributed by atoms with Crippen LogP contribution in [-0.4, -0.2) is 16.1 Å². The molecule has 0 aromatic heterocycles. The standard InChI is InChI=1S/C43H38Si2/c1-3-20-36(21-4-2)44(37-22-10-5-11-23-37,38-24-12-6-13-25-38)42-32-34-43(35-33-42)45(39-26-14-7-15-27-39,40-28-16-8-17-29-40)41-30-18-9-19-31-41/h3-35H,1H2,2H3. The van der Waals surface area contributed by atoms with E-state index in [2.05, 4.69) is 208 Å². The highest BCUT2D eigenvalue weighted by atomic mass is 28.3. The van der Waals surface area contributed by atoms with Crippen LogP contribution in [-0.2, 0) is 0 Å². The molecule has 0 unspecified atom stereocenters. The number of allylic oxidation sites excluding steroid dienone is 5. The van der Waals surface area contributed by atoms with Crippen molar-refractivity contribution >= 4 is 52.5 Å². The van der Waals surface area contributed by atoms with Crippen LogP contribution in [0.1, 0.15) is 6.92 Å². The molecular formula is C43H38Si2. The maximum absolute atomic E-state index is 4.14. The molecule has 0 N–H and O–H groups in total. The van der Waals surface area contributed by atoms with Crippen molar-refractivity contribution in [2.24, 2.45) is 0 Å². The Bertz CT molecular complexity index is 1740. The number of rotatable bonds is 10. The Morgan fingerprint density at radius 1 is 0.422 bits per heavy atom. The molecule has 218 valence electrons. The van der Waals surface area contributed by atoms with Crippen molar-refractivity contribution in [1.29, 1.82) is 0 Å². The summed E-state index contributed by atoms with van der Waals surface area (Å²) >= 11 is 0. The highest BCUT2D eigenvalue weighted by molar-refractivity contribution is 7.20. The molecule has 0 saturated carbocycles. The molecule has 0 radical (unpaired) electrons. The summed E-state index contributed by atoms with van der Waals surface area (Å²) in [5.74, 6) is 0. The van der Waals surface area contributed by atoms with Crippen LogP contribution < -0.4 is 36.3 Å². The molecule has 0 aliphatic rings. The van der Waals surface area contributed by atoms with Crippen molar-refractivity contribution in [2.75, 3.05) is 0 Å². The van der Waals surface area contributed by atoms with E-state index in [1.807, 2.05) is 6.08 Å². The summed E-state index contributed by atoms with van der Waals surface area (Å²) in [7, 11) is -5.32. The van der Waals surface area contributed by atoms with Gasteiger partial charge in [-0.3, -0.25) is 0 Å². The average molecular weight is 611 g/mol. The minimum atomic E-state index is -2.70. The third-order valence-corrected chi connectivity index (χ3v) is 18.5. The first-order chi connectivity index (χ1) is 22.3. The van der Waals surface area contributed by atoms with Gasteiger partial charge in [0.05, 0.1) is 0 Å². The van der Waals surface area contributed by atoms with E-state index >= 15 is 0 Å². The Balaban J connectivity index is 1.68. The molecule has 0 saturated heterocycles. The van der Waals surface area contributed by atoms with Gasteiger partial charge >= 0.3 is 0 Å². The predicted octanol–water partition coefficient (Wildman–Crippen LogP) is 5.76. The van der Waals surface area contributed by atoms with Crippen LogP contribution in [0.4, 0.5) is 0 Å². The lowest BCUT2D eigenvalue weighted by atomic mass is 10.3. The topological polar surface area (TPSA) is 0 Å². The van der Waals surface area contributed by atoms with Gasteiger partial charge in [-0.25, -0.2) is 0 Å². The minimum absolute atomic E-state index is 1.31. The van der Waals surface area contributed by atoms with Crippen LogP contribution in [0, 0.1) is 0 Å². The Kier molecular flexibility index (Phi) is 9.16. The van der Waals surface area contributed by atoms with Crippen LogP contribution in [0.5, 0.6) is 0 Å². The smallest absolute Gasteiger partial charge is 0.0991 e. The molecule has 0 fully saturated rings. The normalized spacial score (nSPS) is 12.2. The molecule has 0 aliphatic carbocycles. The lowest BCUT2D eigenvalue weighted by molar-refractivity contribution is 1.62. The molecule has 0 atom stereocenters. The molecule has 0 amide bonds. The van der Waals surface area contributed by atoms with E-state index in [-0.39, 0.29) is 0 Å². The summed E-state index contributed by atoms with van der Waals surface area (Å²) in [6.07, 6.45) is 8.61. The molecule has 0 nitrogen and oxygen atoms in total. The maximum Gasteiger partial charge on any atom is 0.179 e. The Hall–Kier alpha value is -5.03. The zero-order valence-corrected chi connectivity index (χ0v) is 27.8. The van der Waals surface area contributed by atoms with Crippen molar-refractivity contribution in [3.05, 3.63) is 212 Å². The molecule has 0 aliphatic heterocycles. The van der Waals surface area contributed by atoms with Crippen LogP contribution in [0.2, 0.25) is 0 Å². The summed E-state index contributed by atoms with van der Waals surface area (Å²) in [5.41, 5.74) is 0. The Labute approximate surface area is 270 Å². The first-order valence-electron chi connectivity index (χ1n) is 15.6. The van der Waals surface area contributed by atoms with Crippen LogP contribution >= 0.6 is 0 Å². The third-order valence-electron chi connectivity index (χ3n) is 8.86. The largest absolute Gasteiger partial charge is 0.179 e. The molecule has 6 rings (SSSR count). The summed E-state index contributed by atoms with van der Waals surface area (Å²) in [5, 5.41) is 10.9. The van der Waals surface area contributed by atoms with Gasteiger partial charge < -0.3 is 0 Å². The van der Waals surface area contributed by atoms with Gasteiger partial charge in [-0.15, -0.1) is 0 Å². The number of hydrogen-bond acceptors (Lipinski definition) is 0. The summed E-state index contributed by atoms with van der Waals surface area (Å²) < 4.78 is 0. The molecular weight excluding hydrogens is 573 g/mol. The van der Waals surface area contributed by atoms with E-state index in [4.69, 9.17) is 0 Å². The van der Waals surface area contributed by atoms with Gasteiger partial charge in [0.2, 0.25) is 0 Å². The summed E-state index contributed by atoms with van der Waals surface area (Å²) in [4.78, 5) is 0. The summed E-state index contributed by atoms with van der Waals surface area (Å²) in [6, 6.07) is 65.3. The average Bonchev–Trinajstić information content (AvgIpc) is 3.12. The van der Waals surface area contributed by atoms with Crippen LogP contribution in [0.15, 0.2) is 212 Å². The lowest BCUT2D eigenvalue weighted by Crippen LogP contribution is -2.75. The van der Waals surface area contributed by atoms with Gasteiger partial charge in [0.1, 0.15) is 0 Å². The molecule has 0 spiro atoms. The van der Waals surface area contributed by atoms with E-state index in [0.717, 1.165) is 0 Å². The van der Waals surface area contributed by atoms with E-state index in [1.165, 1.54) is 41.5 Å². The fourth-order valence-electron chi connectivity index (χ4n) is 7.02. The number of hydrogen-bond donors (Lipinski definition) is 0. The minimum Gasteiger partial charge on any atom is -0.0991 e. The fourth-order valence-corrected chi connectivity index (χ4v) is 16.6. The zero-order chi connectivity index (χ0) is 31.0. The molecule has 2 heteroatoms. The number of benzene rings is 6. The first-order valence-corrected chi connectivity index (χ1v) is 19.6. The van der Waals surface area contributed by atoms with Crippen LogP contribution in [0.3, 0.4) is 0 Å². The fraction of sp³-hybridized carbons (Fsp3) is 0.0233. The van der Waals surface area contributed by atoms with E-state index in [0.29, 0.717) is 0 Å². The van der Waals surface area contributed by atoms with E-state index in [9.17, 15) is 0 Å². The van der Waals surface area contributed by atoms with Crippen molar-refractivity contribution < 1.29 is 0 Å². The summed E-state index contributed by atoms with van der Waals surface area (Å²) in [6.45, 7) is 6.25. The van der Waals surface area contributed by atoms with E-state index < -0.39 is 16.1 Å². The third kappa shape index (κ3) is 5.44. The Morgan fingerprint density at radius 3 is 1.04 bits per heavy atom. The lowest BCUT2D eigenvalue weighted by Gasteiger charge is -2.37. The van der Waals surface area contributed by atoms with Crippen molar-refractivity contribution in [3.63, 3.8) is 0 Å². The molecule has 6 aromatic rings. The second kappa shape index (κ2) is 13.7. The monoisotopic (exact) mass is 610 g/mol. The van der Waals surface area contributed by atoms with Crippen molar-refractivity contribution in [2.45, 2.75) is 6.92 Å². The zero-order valence-electron chi connectivity index (χ0n) is 25.8. The van der Waals surface area contributed by atoms with E-state index in [1.54, 1.807) is 0 Å². The predicted molar refractivity (Wildman–Crippen MR) is 201 cm³/mol. The second-order valence-electron chi connectivity index (χ2n) is 11.3. The Morgan fingerprint density at radius 2 is 0.711 bits per heavy atom. The molecule has 6 aromatic carbocycles. The van der Waals surface area contributed by atoms with Crippen molar-refractivity contribution in [3.8, 4) is 0 Å². The first kappa shape index (κ1) is 30.0. The van der Waals surface area contributed by atoms with Gasteiger partial charge in [0.25, 0.3) is 0 Å². The highest BCUT2D eigenvalue weighted by Crippen LogP contribution is 2.20. The van der Waals surface area contributed by atoms with Gasteiger partial charge in [-0.1, -0.05) is 207 Å². The molecule has 0 heterocycles. The van der Waals surface area contributed by atoms with Gasteiger partial charge in [0.15, 0.2) is 16.1 Å². The second-order valence-corrected chi connectivity index (χ2v) is 18.9. The molecule has 45 heavy (non-hydrogen) atoms. The van der Waals surface area contributed by atoms with Crippen LogP contribution in [0.25, 0.3) is 0 Å². The highest BCUT2D eigenvalue weighted by Gasteiger charge is 2.44. The van der Waals surface area contributed by atoms with Gasteiger partial charge in [0, 0.05) is 0 Å².